The number of nitrogens with two attached hydrogens (primary N) is 1. The van der Waals surface area contributed by atoms with E-state index in [1.54, 1.807) is 33.5 Å². The minimum absolute atomic E-state index is 0.160. The minimum Gasteiger partial charge on any atom is -0.493 e. The van der Waals surface area contributed by atoms with E-state index in [0.29, 0.717) is 28.9 Å². The summed E-state index contributed by atoms with van der Waals surface area (Å²) in [7, 11) is 4.81. The van der Waals surface area contributed by atoms with Crippen LogP contribution in [0, 0.1) is 0 Å². The number of hydrogen-bond acceptors (Lipinski definition) is 8. The molecule has 3 N–H and O–H groups in total. The highest BCUT2D eigenvalue weighted by atomic mass is 16.5. The van der Waals surface area contributed by atoms with E-state index in [9.17, 15) is 0 Å². The van der Waals surface area contributed by atoms with Crippen LogP contribution in [-0.4, -0.2) is 36.2 Å². The fourth-order valence-corrected chi connectivity index (χ4v) is 1.72. The number of nitrogen functional groups attached to an aromatic ring is 1. The lowest BCUT2D eigenvalue weighted by atomic mass is 10.3. The van der Waals surface area contributed by atoms with Crippen molar-refractivity contribution in [3.05, 3.63) is 24.2 Å². The molecule has 0 saturated heterocycles. The van der Waals surface area contributed by atoms with Crippen LogP contribution >= 0.6 is 0 Å². The molecule has 8 nitrogen and oxygen atoms in total. The Balaban J connectivity index is 2.16. The van der Waals surface area contributed by atoms with Crippen LogP contribution in [0.5, 0.6) is 17.2 Å². The highest BCUT2D eigenvalue weighted by Crippen LogP contribution is 2.30. The van der Waals surface area contributed by atoms with Gasteiger partial charge in [-0.25, -0.2) is 4.98 Å². The normalized spacial score (nSPS) is 10.0. The quantitative estimate of drug-likeness (QED) is 0.815. The van der Waals surface area contributed by atoms with Gasteiger partial charge in [-0.15, -0.1) is 0 Å². The molecule has 0 aliphatic heterocycles. The van der Waals surface area contributed by atoms with Gasteiger partial charge >= 0.3 is 0 Å². The van der Waals surface area contributed by atoms with Gasteiger partial charge in [0.05, 0.1) is 20.4 Å². The number of ether oxygens (including phenoxy) is 3. The minimum atomic E-state index is 0.160. The Morgan fingerprint density at radius 3 is 2.62 bits per heavy atom. The SMILES string of the molecule is CNc1ncc(OCc2nccc(OC)c2OC)c(N)n1. The molecule has 0 aliphatic carbocycles. The van der Waals surface area contributed by atoms with E-state index in [1.807, 2.05) is 0 Å². The monoisotopic (exact) mass is 291 g/mol. The molecule has 21 heavy (non-hydrogen) atoms. The van der Waals surface area contributed by atoms with E-state index in [2.05, 4.69) is 20.3 Å². The summed E-state index contributed by atoms with van der Waals surface area (Å²) in [6.45, 7) is 0.160. The van der Waals surface area contributed by atoms with Gasteiger partial charge in [-0.1, -0.05) is 0 Å². The second-order valence-electron chi connectivity index (χ2n) is 3.97. The van der Waals surface area contributed by atoms with Crippen molar-refractivity contribution in [2.45, 2.75) is 6.61 Å². The maximum Gasteiger partial charge on any atom is 0.224 e. The van der Waals surface area contributed by atoms with Crippen LogP contribution in [0.2, 0.25) is 0 Å². The fraction of sp³-hybridized carbons (Fsp3) is 0.308. The molecule has 2 heterocycles. The molecule has 0 bridgehead atoms. The number of nitrogens with zero attached hydrogens (tertiary/aromatic N) is 3. The molecule has 0 aromatic carbocycles. The number of nitrogens with one attached hydrogen (secondary N) is 1. The molecule has 0 amide bonds. The lowest BCUT2D eigenvalue weighted by Crippen LogP contribution is -2.06. The van der Waals surface area contributed by atoms with Crippen LogP contribution in [0.4, 0.5) is 11.8 Å². The van der Waals surface area contributed by atoms with E-state index < -0.39 is 0 Å². The maximum absolute atomic E-state index is 5.80. The second-order valence-corrected chi connectivity index (χ2v) is 3.97. The van der Waals surface area contributed by atoms with E-state index in [0.717, 1.165) is 0 Å². The third kappa shape index (κ3) is 3.22. The third-order valence-electron chi connectivity index (χ3n) is 2.74. The van der Waals surface area contributed by atoms with Gasteiger partial charge in [0, 0.05) is 19.3 Å². The molecule has 2 aromatic heterocycles. The first-order chi connectivity index (χ1) is 10.2. The Morgan fingerprint density at radius 1 is 1.19 bits per heavy atom. The smallest absolute Gasteiger partial charge is 0.224 e. The topological polar surface area (TPSA) is 104 Å². The predicted molar refractivity (Wildman–Crippen MR) is 77.7 cm³/mol. The Labute approximate surface area is 122 Å². The molecule has 0 aliphatic rings. The van der Waals surface area contributed by atoms with Gasteiger partial charge in [0.2, 0.25) is 5.95 Å². The van der Waals surface area contributed by atoms with Gasteiger partial charge in [-0.2, -0.15) is 4.98 Å². The summed E-state index contributed by atoms with van der Waals surface area (Å²) < 4.78 is 16.1. The summed E-state index contributed by atoms with van der Waals surface area (Å²) in [5.41, 5.74) is 6.39. The molecule has 0 unspecified atom stereocenters. The summed E-state index contributed by atoms with van der Waals surface area (Å²) in [5.74, 6) is 2.15. The van der Waals surface area contributed by atoms with Crippen molar-refractivity contribution >= 4 is 11.8 Å². The highest BCUT2D eigenvalue weighted by molar-refractivity contribution is 5.48. The Bertz CT molecular complexity index is 621. The number of methoxy groups -OCH3 is 2. The average molecular weight is 291 g/mol. The van der Waals surface area contributed by atoms with Gasteiger partial charge in [0.15, 0.2) is 23.1 Å². The van der Waals surface area contributed by atoms with Gasteiger partial charge in [-0.3, -0.25) is 4.98 Å². The fourth-order valence-electron chi connectivity index (χ4n) is 1.72. The molecule has 0 radical (unpaired) electrons. The van der Waals surface area contributed by atoms with Crippen molar-refractivity contribution in [1.82, 2.24) is 15.0 Å². The van der Waals surface area contributed by atoms with Crippen LogP contribution in [-0.2, 0) is 6.61 Å². The molecule has 8 heteroatoms. The van der Waals surface area contributed by atoms with Crippen molar-refractivity contribution in [2.75, 3.05) is 32.3 Å². The van der Waals surface area contributed by atoms with E-state index >= 15 is 0 Å². The number of hydrogen-bond donors (Lipinski definition) is 2. The van der Waals surface area contributed by atoms with Gasteiger partial charge in [-0.05, 0) is 0 Å². The first-order valence-corrected chi connectivity index (χ1v) is 6.18. The first-order valence-electron chi connectivity index (χ1n) is 6.18. The van der Waals surface area contributed by atoms with Gasteiger partial charge < -0.3 is 25.3 Å². The number of aromatic nitrogens is 3. The zero-order valence-electron chi connectivity index (χ0n) is 12.1. The molecule has 112 valence electrons. The van der Waals surface area contributed by atoms with E-state index in [4.69, 9.17) is 19.9 Å². The summed E-state index contributed by atoms with van der Waals surface area (Å²) in [6.07, 6.45) is 3.12. The summed E-state index contributed by atoms with van der Waals surface area (Å²) >= 11 is 0. The third-order valence-corrected chi connectivity index (χ3v) is 2.74. The standard InChI is InChI=1S/C13H17N5O3/c1-15-13-17-6-10(12(14)18-13)21-7-8-11(20-3)9(19-2)4-5-16-8/h4-6H,7H2,1-3H3,(H3,14,15,17,18). The van der Waals surface area contributed by atoms with Crippen molar-refractivity contribution < 1.29 is 14.2 Å². The zero-order valence-corrected chi connectivity index (χ0v) is 12.1. The maximum atomic E-state index is 5.80. The summed E-state index contributed by atoms with van der Waals surface area (Å²) in [6, 6.07) is 1.71. The Kier molecular flexibility index (Phi) is 4.60. The van der Waals surface area contributed by atoms with Crippen LogP contribution < -0.4 is 25.3 Å². The largest absolute Gasteiger partial charge is 0.493 e. The zero-order chi connectivity index (χ0) is 15.2. The van der Waals surface area contributed by atoms with Crippen molar-refractivity contribution in [3.63, 3.8) is 0 Å². The average Bonchev–Trinajstić information content (AvgIpc) is 2.52. The highest BCUT2D eigenvalue weighted by Gasteiger charge is 2.13. The number of anilines is 2. The lowest BCUT2D eigenvalue weighted by molar-refractivity contribution is 0.284. The molecule has 0 atom stereocenters. The molecule has 2 aromatic rings. The molecule has 0 spiro atoms. The van der Waals surface area contributed by atoms with Crippen LogP contribution in [0.3, 0.4) is 0 Å². The molecule has 2 rings (SSSR count). The number of pyridine rings is 1. The van der Waals surface area contributed by atoms with Crippen molar-refractivity contribution in [1.29, 1.82) is 0 Å². The summed E-state index contributed by atoms with van der Waals surface area (Å²) in [5, 5.41) is 2.80. The first kappa shape index (κ1) is 14.6. The predicted octanol–water partition coefficient (Wildman–Crippen LogP) is 1.09. The van der Waals surface area contributed by atoms with E-state index in [1.165, 1.54) is 6.20 Å². The Hall–Kier alpha value is -2.77. The molecule has 0 saturated carbocycles. The molecule has 0 fully saturated rings. The van der Waals surface area contributed by atoms with Gasteiger partial charge in [0.1, 0.15) is 12.3 Å². The number of rotatable bonds is 6. The van der Waals surface area contributed by atoms with Gasteiger partial charge in [0.25, 0.3) is 0 Å². The van der Waals surface area contributed by atoms with E-state index in [-0.39, 0.29) is 12.4 Å². The van der Waals surface area contributed by atoms with Crippen LogP contribution in [0.15, 0.2) is 18.5 Å². The van der Waals surface area contributed by atoms with Crippen LogP contribution in [0.1, 0.15) is 5.69 Å². The second kappa shape index (κ2) is 6.60. The molecular weight excluding hydrogens is 274 g/mol. The Morgan fingerprint density at radius 2 is 2.00 bits per heavy atom. The van der Waals surface area contributed by atoms with Crippen molar-refractivity contribution in [2.24, 2.45) is 0 Å². The summed E-state index contributed by atoms with van der Waals surface area (Å²) in [4.78, 5) is 12.3. The van der Waals surface area contributed by atoms with Crippen molar-refractivity contribution in [3.8, 4) is 17.2 Å². The lowest BCUT2D eigenvalue weighted by Gasteiger charge is -2.13. The van der Waals surface area contributed by atoms with Crippen LogP contribution in [0.25, 0.3) is 0 Å². The molecular formula is C13H17N5O3.